The molecule has 1 amide bonds. The highest BCUT2D eigenvalue weighted by molar-refractivity contribution is 7.20. The number of nitrogens with zero attached hydrogens (tertiary/aromatic N) is 3. The smallest absolute Gasteiger partial charge is 0.396 e. The minimum absolute atomic E-state index is 0.0758. The van der Waals surface area contributed by atoms with E-state index in [1.54, 1.807) is 13.8 Å². The lowest BCUT2D eigenvalue weighted by Crippen LogP contribution is -2.40. The summed E-state index contributed by atoms with van der Waals surface area (Å²) in [5.41, 5.74) is -2.86. The fraction of sp³-hybridized carbons (Fsp3) is 0.650. The molecule has 0 fully saturated rings. The van der Waals surface area contributed by atoms with Crippen LogP contribution in [0.1, 0.15) is 54.8 Å². The first-order chi connectivity index (χ1) is 16.0. The van der Waals surface area contributed by atoms with Crippen molar-refractivity contribution in [2.45, 2.75) is 59.0 Å². The second kappa shape index (κ2) is 11.9. The number of halogens is 5. The first kappa shape index (κ1) is 27.9. The van der Waals surface area contributed by atoms with Crippen LogP contribution in [0.4, 0.5) is 22.0 Å². The predicted octanol–water partition coefficient (Wildman–Crippen LogP) is 3.34. The number of ether oxygens (including phenoxy) is 1. The van der Waals surface area contributed by atoms with Crippen LogP contribution in [0.25, 0.3) is 10.2 Å². The highest BCUT2D eigenvalue weighted by Crippen LogP contribution is 2.36. The number of aromatic nitrogens is 2. The quantitative estimate of drug-likeness (QED) is 0.438. The first-order valence-electron chi connectivity index (χ1n) is 10.7. The average molecular weight is 516 g/mol. The third-order valence-electron chi connectivity index (χ3n) is 4.90. The zero-order valence-electron chi connectivity index (χ0n) is 18.7. The summed E-state index contributed by atoms with van der Waals surface area (Å²) in [5, 5.41) is 8.52. The number of aliphatic hydroxyl groups is 1. The Hall–Kier alpha value is -2.32. The standard InChI is InChI=1S/C20H26F5N3O5S/c1-3-6-26(8-5-10-29)17(31)14-12(15(21)22)13-16(30)27(7-4-2)19(32)28(18(13)34-14)9-11-33-20(23,24)25/h15,29H,3-11H2,1-2H3. The highest BCUT2D eigenvalue weighted by Gasteiger charge is 2.33. The van der Waals surface area contributed by atoms with E-state index in [0.29, 0.717) is 22.3 Å². The van der Waals surface area contributed by atoms with Gasteiger partial charge in [0.2, 0.25) is 0 Å². The highest BCUT2D eigenvalue weighted by atomic mass is 32.1. The number of hydrogen-bond donors (Lipinski definition) is 1. The molecule has 2 aromatic heterocycles. The molecule has 2 aromatic rings. The fourth-order valence-corrected chi connectivity index (χ4v) is 4.80. The lowest BCUT2D eigenvalue weighted by Gasteiger charge is -2.21. The van der Waals surface area contributed by atoms with Crippen LogP contribution in [-0.4, -0.2) is 57.7 Å². The van der Waals surface area contributed by atoms with Crippen LogP contribution in [0.15, 0.2) is 9.59 Å². The van der Waals surface area contributed by atoms with Gasteiger partial charge < -0.3 is 10.0 Å². The minimum Gasteiger partial charge on any atom is -0.396 e. The molecule has 1 N–H and O–H groups in total. The van der Waals surface area contributed by atoms with E-state index in [0.717, 1.165) is 4.57 Å². The molecule has 0 spiro atoms. The number of carbonyl (C=O) groups is 1. The molecule has 2 heterocycles. The van der Waals surface area contributed by atoms with Gasteiger partial charge in [0.15, 0.2) is 0 Å². The van der Waals surface area contributed by atoms with Gasteiger partial charge in [-0.2, -0.15) is 0 Å². The molecule has 0 bridgehead atoms. The van der Waals surface area contributed by atoms with Crippen LogP contribution in [0.5, 0.6) is 0 Å². The Balaban J connectivity index is 2.78. The summed E-state index contributed by atoms with van der Waals surface area (Å²) in [6, 6.07) is 0. The number of rotatable bonds is 12. The summed E-state index contributed by atoms with van der Waals surface area (Å²) in [5.74, 6) is -0.807. The Morgan fingerprint density at radius 1 is 1.12 bits per heavy atom. The van der Waals surface area contributed by atoms with Crippen LogP contribution in [0, 0.1) is 0 Å². The summed E-state index contributed by atoms with van der Waals surface area (Å²) in [6.45, 7) is 1.63. The Morgan fingerprint density at radius 3 is 2.32 bits per heavy atom. The number of amides is 1. The number of fused-ring (bicyclic) bond motifs is 1. The van der Waals surface area contributed by atoms with Gasteiger partial charge in [-0.05, 0) is 19.3 Å². The number of alkyl halides is 5. The van der Waals surface area contributed by atoms with Gasteiger partial charge in [0.1, 0.15) is 9.71 Å². The van der Waals surface area contributed by atoms with Gasteiger partial charge in [-0.1, -0.05) is 13.8 Å². The van der Waals surface area contributed by atoms with Crippen molar-refractivity contribution < 1.29 is 36.6 Å². The molecule has 0 atom stereocenters. The average Bonchev–Trinajstić information content (AvgIpc) is 3.16. The number of hydrogen-bond acceptors (Lipinski definition) is 6. The molecule has 0 aliphatic carbocycles. The summed E-state index contributed by atoms with van der Waals surface area (Å²) in [6.07, 6.45) is -7.25. The zero-order chi connectivity index (χ0) is 25.6. The van der Waals surface area contributed by atoms with E-state index >= 15 is 0 Å². The molecule has 0 aliphatic heterocycles. The van der Waals surface area contributed by atoms with Crippen LogP contribution in [0.2, 0.25) is 0 Å². The Labute approximate surface area is 195 Å². The Bertz CT molecular complexity index is 1110. The molecule has 0 saturated heterocycles. The van der Waals surface area contributed by atoms with E-state index in [1.807, 2.05) is 0 Å². The van der Waals surface area contributed by atoms with Gasteiger partial charge in [0.05, 0.1) is 24.1 Å². The maximum atomic E-state index is 14.2. The van der Waals surface area contributed by atoms with E-state index < -0.39 is 58.9 Å². The van der Waals surface area contributed by atoms with E-state index in [4.69, 9.17) is 5.11 Å². The van der Waals surface area contributed by atoms with Crippen molar-refractivity contribution in [3.05, 3.63) is 31.3 Å². The van der Waals surface area contributed by atoms with Crippen molar-refractivity contribution in [2.75, 3.05) is 26.3 Å². The number of thiophene rings is 1. The third kappa shape index (κ3) is 6.21. The minimum atomic E-state index is -4.97. The van der Waals surface area contributed by atoms with Crippen molar-refractivity contribution in [3.63, 3.8) is 0 Å². The molecule has 8 nitrogen and oxygen atoms in total. The van der Waals surface area contributed by atoms with Gasteiger partial charge in [0, 0.05) is 26.2 Å². The molecule has 34 heavy (non-hydrogen) atoms. The van der Waals surface area contributed by atoms with Crippen molar-refractivity contribution in [1.29, 1.82) is 0 Å². The Kier molecular flexibility index (Phi) is 9.76. The van der Waals surface area contributed by atoms with Crippen LogP contribution >= 0.6 is 11.3 Å². The topological polar surface area (TPSA) is 93.8 Å². The normalized spacial score (nSPS) is 12.1. The summed E-state index contributed by atoms with van der Waals surface area (Å²) >= 11 is 0.467. The van der Waals surface area contributed by atoms with Crippen molar-refractivity contribution >= 4 is 27.5 Å². The molecule has 14 heteroatoms. The molecule has 0 aliphatic rings. The SMILES string of the molecule is CCCN(CCCO)C(=O)c1sc2c(c1C(F)F)c(=O)n(CCC)c(=O)n2CCOC(F)(F)F. The number of aliphatic hydroxyl groups excluding tert-OH is 1. The molecule has 0 radical (unpaired) electrons. The molecular formula is C20H26F5N3O5S. The molecule has 0 unspecified atom stereocenters. The molecular weight excluding hydrogens is 489 g/mol. The lowest BCUT2D eigenvalue weighted by atomic mass is 10.1. The van der Waals surface area contributed by atoms with E-state index in [2.05, 4.69) is 4.74 Å². The first-order valence-corrected chi connectivity index (χ1v) is 11.5. The van der Waals surface area contributed by atoms with Gasteiger partial charge in [0.25, 0.3) is 17.9 Å². The molecule has 192 valence electrons. The summed E-state index contributed by atoms with van der Waals surface area (Å²) in [7, 11) is 0. The lowest BCUT2D eigenvalue weighted by molar-refractivity contribution is -0.325. The van der Waals surface area contributed by atoms with Crippen molar-refractivity contribution in [1.82, 2.24) is 14.0 Å². The molecule has 0 aromatic carbocycles. The maximum Gasteiger partial charge on any atom is 0.522 e. The molecule has 2 rings (SSSR count). The fourth-order valence-electron chi connectivity index (χ4n) is 3.51. The third-order valence-corrected chi connectivity index (χ3v) is 6.12. The molecule has 0 saturated carbocycles. The summed E-state index contributed by atoms with van der Waals surface area (Å²) in [4.78, 5) is 39.5. The largest absolute Gasteiger partial charge is 0.522 e. The van der Waals surface area contributed by atoms with Gasteiger partial charge in [-0.3, -0.25) is 23.5 Å². The van der Waals surface area contributed by atoms with E-state index in [9.17, 15) is 36.3 Å². The van der Waals surface area contributed by atoms with Gasteiger partial charge in [-0.15, -0.1) is 24.5 Å². The van der Waals surface area contributed by atoms with E-state index in [-0.39, 0.29) is 43.9 Å². The van der Waals surface area contributed by atoms with E-state index in [1.165, 1.54) is 4.90 Å². The van der Waals surface area contributed by atoms with Gasteiger partial charge >= 0.3 is 12.1 Å². The zero-order valence-corrected chi connectivity index (χ0v) is 19.5. The van der Waals surface area contributed by atoms with Gasteiger partial charge in [-0.25, -0.2) is 13.6 Å². The second-order valence-corrected chi connectivity index (χ2v) is 8.38. The Morgan fingerprint density at radius 2 is 1.79 bits per heavy atom. The van der Waals surface area contributed by atoms with Crippen LogP contribution < -0.4 is 11.2 Å². The maximum absolute atomic E-state index is 14.2. The van der Waals surface area contributed by atoms with Crippen molar-refractivity contribution in [3.8, 4) is 0 Å². The second-order valence-electron chi connectivity index (χ2n) is 7.38. The number of carbonyl (C=O) groups excluding carboxylic acids is 1. The summed E-state index contributed by atoms with van der Waals surface area (Å²) < 4.78 is 70.9. The van der Waals surface area contributed by atoms with Crippen LogP contribution in [-0.2, 0) is 17.8 Å². The van der Waals surface area contributed by atoms with Crippen LogP contribution in [0.3, 0.4) is 0 Å². The monoisotopic (exact) mass is 515 g/mol. The predicted molar refractivity (Wildman–Crippen MR) is 115 cm³/mol. The van der Waals surface area contributed by atoms with Crippen molar-refractivity contribution in [2.24, 2.45) is 0 Å².